The standard InChI is InChI=1S/C31H30ClN3O7/c1-5-12-41-26-11-9-22(16-27(26)40-4)35-30(38)23(29(37)34-31(35)39)15-20-14-21(32)8-10-25(20)42-17-28(36)33-24-13-18(2)6-7-19(24)3/h6-11,13-16H,5,12,17H2,1-4H3,(H,33,36)(H,34,37,39)/b23-15-. The molecule has 0 aromatic heterocycles. The van der Waals surface area contributed by atoms with Crippen molar-refractivity contribution < 1.29 is 33.4 Å². The maximum Gasteiger partial charge on any atom is 0.335 e. The van der Waals surface area contributed by atoms with Crippen molar-refractivity contribution in [2.75, 3.05) is 30.5 Å². The molecular weight excluding hydrogens is 562 g/mol. The lowest BCUT2D eigenvalue weighted by Gasteiger charge is -2.27. The van der Waals surface area contributed by atoms with E-state index in [-0.39, 0.29) is 29.2 Å². The summed E-state index contributed by atoms with van der Waals surface area (Å²) >= 11 is 6.20. The molecule has 5 amide bonds. The van der Waals surface area contributed by atoms with E-state index >= 15 is 0 Å². The molecule has 218 valence electrons. The van der Waals surface area contributed by atoms with Crippen LogP contribution in [0.5, 0.6) is 17.2 Å². The molecule has 11 heteroatoms. The smallest absolute Gasteiger partial charge is 0.335 e. The summed E-state index contributed by atoms with van der Waals surface area (Å²) in [5.74, 6) is -1.20. The fraction of sp³-hybridized carbons (Fsp3) is 0.226. The van der Waals surface area contributed by atoms with Gasteiger partial charge in [-0.2, -0.15) is 0 Å². The summed E-state index contributed by atoms with van der Waals surface area (Å²) in [6, 6.07) is 13.9. The summed E-state index contributed by atoms with van der Waals surface area (Å²) in [7, 11) is 1.44. The number of anilines is 2. The highest BCUT2D eigenvalue weighted by atomic mass is 35.5. The maximum atomic E-state index is 13.5. The van der Waals surface area contributed by atoms with E-state index < -0.39 is 23.8 Å². The molecule has 0 radical (unpaired) electrons. The number of ether oxygens (including phenoxy) is 3. The molecule has 0 saturated carbocycles. The Bertz CT molecular complexity index is 1580. The monoisotopic (exact) mass is 591 g/mol. The average Bonchev–Trinajstić information content (AvgIpc) is 2.95. The molecule has 42 heavy (non-hydrogen) atoms. The SMILES string of the molecule is CCCOc1ccc(N2C(=O)NC(=O)/C(=C/c3cc(Cl)ccc3OCC(=O)Nc3cc(C)ccc3C)C2=O)cc1OC. The number of hydrogen-bond acceptors (Lipinski definition) is 7. The normalized spacial score (nSPS) is 14.1. The lowest BCUT2D eigenvalue weighted by atomic mass is 10.1. The van der Waals surface area contributed by atoms with Crippen LogP contribution < -0.4 is 29.7 Å². The number of amides is 5. The molecule has 1 aliphatic rings. The number of halogens is 1. The zero-order valence-corrected chi connectivity index (χ0v) is 24.3. The predicted molar refractivity (Wildman–Crippen MR) is 159 cm³/mol. The van der Waals surface area contributed by atoms with Gasteiger partial charge in [-0.05, 0) is 73.9 Å². The number of nitrogens with one attached hydrogen (secondary N) is 2. The van der Waals surface area contributed by atoms with Crippen LogP contribution in [0.1, 0.15) is 30.0 Å². The number of hydrogen-bond donors (Lipinski definition) is 2. The number of imide groups is 2. The molecular formula is C31H30ClN3O7. The Morgan fingerprint density at radius 2 is 1.74 bits per heavy atom. The molecule has 0 bridgehead atoms. The summed E-state index contributed by atoms with van der Waals surface area (Å²) < 4.78 is 16.8. The van der Waals surface area contributed by atoms with Crippen molar-refractivity contribution in [3.8, 4) is 17.2 Å². The van der Waals surface area contributed by atoms with E-state index in [0.29, 0.717) is 28.8 Å². The van der Waals surface area contributed by atoms with Crippen LogP contribution in [0.2, 0.25) is 5.02 Å². The van der Waals surface area contributed by atoms with Gasteiger partial charge in [0.2, 0.25) is 0 Å². The van der Waals surface area contributed by atoms with Crippen molar-refractivity contribution in [3.05, 3.63) is 81.9 Å². The second-order valence-corrected chi connectivity index (χ2v) is 9.92. The van der Waals surface area contributed by atoms with E-state index in [1.165, 1.54) is 37.5 Å². The summed E-state index contributed by atoms with van der Waals surface area (Å²) in [5.41, 5.74) is 2.64. The fourth-order valence-electron chi connectivity index (χ4n) is 4.14. The summed E-state index contributed by atoms with van der Waals surface area (Å²) in [5, 5.41) is 5.30. The van der Waals surface area contributed by atoms with Gasteiger partial charge in [-0.25, -0.2) is 9.69 Å². The van der Waals surface area contributed by atoms with E-state index in [4.69, 9.17) is 25.8 Å². The molecule has 1 heterocycles. The van der Waals surface area contributed by atoms with Gasteiger partial charge in [0.25, 0.3) is 17.7 Å². The number of carbonyl (C=O) groups is 4. The molecule has 0 unspecified atom stereocenters. The minimum absolute atomic E-state index is 0.169. The molecule has 3 aromatic carbocycles. The number of barbiturate groups is 1. The van der Waals surface area contributed by atoms with Crippen LogP contribution >= 0.6 is 11.6 Å². The van der Waals surface area contributed by atoms with E-state index in [0.717, 1.165) is 22.4 Å². The van der Waals surface area contributed by atoms with Gasteiger partial charge in [0.1, 0.15) is 11.3 Å². The van der Waals surface area contributed by atoms with E-state index in [2.05, 4.69) is 10.6 Å². The number of urea groups is 1. The minimum Gasteiger partial charge on any atom is -0.493 e. The van der Waals surface area contributed by atoms with Crippen molar-refractivity contribution in [1.29, 1.82) is 0 Å². The molecule has 0 spiro atoms. The van der Waals surface area contributed by atoms with Crippen LogP contribution in [0, 0.1) is 13.8 Å². The second kappa shape index (κ2) is 13.2. The van der Waals surface area contributed by atoms with Crippen molar-refractivity contribution >= 4 is 52.8 Å². The molecule has 0 aliphatic carbocycles. The van der Waals surface area contributed by atoms with Gasteiger partial charge in [-0.15, -0.1) is 0 Å². The van der Waals surface area contributed by atoms with Crippen molar-refractivity contribution in [3.63, 3.8) is 0 Å². The van der Waals surface area contributed by atoms with Crippen molar-refractivity contribution in [2.24, 2.45) is 0 Å². The van der Waals surface area contributed by atoms with Gasteiger partial charge in [0.05, 0.1) is 19.4 Å². The van der Waals surface area contributed by atoms with Crippen LogP contribution in [0.15, 0.2) is 60.2 Å². The topological polar surface area (TPSA) is 123 Å². The Balaban J connectivity index is 1.59. The van der Waals surface area contributed by atoms with Gasteiger partial charge >= 0.3 is 6.03 Å². The van der Waals surface area contributed by atoms with E-state index in [1.54, 1.807) is 12.1 Å². The molecule has 4 rings (SSSR count). The first-order valence-corrected chi connectivity index (χ1v) is 13.5. The summed E-state index contributed by atoms with van der Waals surface area (Å²) in [6.45, 7) is 5.87. The number of benzene rings is 3. The Hall–Kier alpha value is -4.83. The van der Waals surface area contributed by atoms with Crippen molar-refractivity contribution in [2.45, 2.75) is 27.2 Å². The Morgan fingerprint density at radius 1 is 0.976 bits per heavy atom. The zero-order chi connectivity index (χ0) is 30.4. The van der Waals surface area contributed by atoms with Crippen molar-refractivity contribution in [1.82, 2.24) is 5.32 Å². The quantitative estimate of drug-likeness (QED) is 0.238. The van der Waals surface area contributed by atoms with Gasteiger partial charge in [0.15, 0.2) is 18.1 Å². The number of carbonyl (C=O) groups excluding carboxylic acids is 4. The van der Waals surface area contributed by atoms with Gasteiger partial charge in [-0.1, -0.05) is 30.7 Å². The van der Waals surface area contributed by atoms with Gasteiger partial charge in [0, 0.05) is 22.3 Å². The van der Waals surface area contributed by atoms with E-state index in [9.17, 15) is 19.2 Å². The minimum atomic E-state index is -0.919. The van der Waals surface area contributed by atoms with Crippen LogP contribution in [-0.2, 0) is 14.4 Å². The third-order valence-electron chi connectivity index (χ3n) is 6.27. The van der Waals surface area contributed by atoms with Gasteiger partial charge < -0.3 is 19.5 Å². The molecule has 2 N–H and O–H groups in total. The maximum absolute atomic E-state index is 13.5. The van der Waals surface area contributed by atoms with Crippen LogP contribution in [0.25, 0.3) is 6.08 Å². The Labute approximate surface area is 248 Å². The predicted octanol–water partition coefficient (Wildman–Crippen LogP) is 5.44. The summed E-state index contributed by atoms with van der Waals surface area (Å²) in [6.07, 6.45) is 2.04. The highest BCUT2D eigenvalue weighted by molar-refractivity contribution is 6.39. The molecule has 10 nitrogen and oxygen atoms in total. The highest BCUT2D eigenvalue weighted by Gasteiger charge is 2.37. The molecule has 1 fully saturated rings. The first kappa shape index (κ1) is 30.1. The first-order chi connectivity index (χ1) is 20.1. The zero-order valence-electron chi connectivity index (χ0n) is 23.6. The van der Waals surface area contributed by atoms with Gasteiger partial charge in [-0.3, -0.25) is 19.7 Å². The third kappa shape index (κ3) is 6.90. The summed E-state index contributed by atoms with van der Waals surface area (Å²) in [4.78, 5) is 52.5. The number of nitrogens with zero attached hydrogens (tertiary/aromatic N) is 1. The van der Waals surface area contributed by atoms with E-state index in [1.807, 2.05) is 39.0 Å². The first-order valence-electron chi connectivity index (χ1n) is 13.1. The molecule has 1 aliphatic heterocycles. The molecule has 3 aromatic rings. The third-order valence-corrected chi connectivity index (χ3v) is 6.50. The number of methoxy groups -OCH3 is 1. The molecule has 1 saturated heterocycles. The lowest BCUT2D eigenvalue weighted by Crippen LogP contribution is -2.54. The van der Waals surface area contributed by atoms with Crippen LogP contribution in [-0.4, -0.2) is 44.1 Å². The second-order valence-electron chi connectivity index (χ2n) is 9.48. The van der Waals surface area contributed by atoms with Crippen LogP contribution in [0.3, 0.4) is 0 Å². The number of rotatable bonds is 10. The largest absolute Gasteiger partial charge is 0.493 e. The average molecular weight is 592 g/mol. The lowest BCUT2D eigenvalue weighted by molar-refractivity contribution is -0.122. The Kier molecular flexibility index (Phi) is 9.49. The highest BCUT2D eigenvalue weighted by Crippen LogP contribution is 2.34. The van der Waals surface area contributed by atoms with Crippen LogP contribution in [0.4, 0.5) is 16.2 Å². The molecule has 0 atom stereocenters. The number of aryl methyl sites for hydroxylation is 2. The Morgan fingerprint density at radius 3 is 2.48 bits per heavy atom. The fourth-order valence-corrected chi connectivity index (χ4v) is 4.32.